The van der Waals surface area contributed by atoms with Crippen LogP contribution in [0.15, 0.2) is 30.3 Å². The van der Waals surface area contributed by atoms with E-state index in [0.717, 1.165) is 6.54 Å². The Labute approximate surface area is 86.1 Å². The fraction of sp³-hybridized carbons (Fsp3) is 0.500. The predicted molar refractivity (Wildman–Crippen MR) is 60.3 cm³/mol. The molecule has 1 heterocycles. The Morgan fingerprint density at radius 1 is 1.14 bits per heavy atom. The molecule has 1 aliphatic rings. The molecule has 1 aliphatic heterocycles. The van der Waals surface area contributed by atoms with Crippen molar-refractivity contribution in [2.75, 3.05) is 24.6 Å². The predicted octanol–water partition coefficient (Wildman–Crippen LogP) is 2.52. The summed E-state index contributed by atoms with van der Waals surface area (Å²) in [5, 5.41) is 4.84. The monoisotopic (exact) mass is 190 g/mol. The molecule has 0 aromatic heterocycles. The number of benzene rings is 1. The minimum atomic E-state index is 1.06. The summed E-state index contributed by atoms with van der Waals surface area (Å²) in [5.74, 6) is 0. The summed E-state index contributed by atoms with van der Waals surface area (Å²) in [7, 11) is 0. The summed E-state index contributed by atoms with van der Waals surface area (Å²) < 4.78 is 0. The molecule has 0 radical (unpaired) electrons. The van der Waals surface area contributed by atoms with Gasteiger partial charge in [0.15, 0.2) is 0 Å². The number of hydrazine groups is 1. The van der Waals surface area contributed by atoms with E-state index < -0.39 is 0 Å². The molecule has 2 nitrogen and oxygen atoms in total. The third-order valence-corrected chi connectivity index (χ3v) is 2.78. The molecule has 0 unspecified atom stereocenters. The van der Waals surface area contributed by atoms with Crippen LogP contribution in [0.3, 0.4) is 0 Å². The highest BCUT2D eigenvalue weighted by Crippen LogP contribution is 2.19. The maximum Gasteiger partial charge on any atom is 0.0522 e. The van der Waals surface area contributed by atoms with Crippen molar-refractivity contribution in [1.82, 2.24) is 5.01 Å². The molecule has 76 valence electrons. The van der Waals surface area contributed by atoms with Crippen molar-refractivity contribution in [1.29, 1.82) is 0 Å². The molecule has 0 spiro atoms. The topological polar surface area (TPSA) is 6.48 Å². The van der Waals surface area contributed by atoms with Gasteiger partial charge in [-0.1, -0.05) is 18.2 Å². The zero-order valence-electron chi connectivity index (χ0n) is 8.82. The third kappa shape index (κ3) is 1.90. The van der Waals surface area contributed by atoms with E-state index in [0.29, 0.717) is 0 Å². The van der Waals surface area contributed by atoms with Crippen LogP contribution in [-0.2, 0) is 0 Å². The van der Waals surface area contributed by atoms with E-state index in [1.807, 2.05) is 0 Å². The minimum absolute atomic E-state index is 1.06. The van der Waals surface area contributed by atoms with Gasteiger partial charge in [0.1, 0.15) is 0 Å². The second kappa shape index (κ2) is 4.47. The first-order valence-electron chi connectivity index (χ1n) is 5.49. The van der Waals surface area contributed by atoms with Crippen LogP contribution in [-0.4, -0.2) is 24.6 Å². The third-order valence-electron chi connectivity index (χ3n) is 2.78. The highest BCUT2D eigenvalue weighted by Gasteiger charge is 2.17. The summed E-state index contributed by atoms with van der Waals surface area (Å²) >= 11 is 0. The highest BCUT2D eigenvalue weighted by atomic mass is 15.6. The molecule has 0 bridgehead atoms. The van der Waals surface area contributed by atoms with E-state index in [9.17, 15) is 0 Å². The number of rotatable bonds is 3. The van der Waals surface area contributed by atoms with Gasteiger partial charge in [0.05, 0.1) is 5.69 Å². The number of para-hydroxylation sites is 1. The van der Waals surface area contributed by atoms with Crippen molar-refractivity contribution in [3.8, 4) is 0 Å². The van der Waals surface area contributed by atoms with E-state index in [1.165, 1.54) is 31.6 Å². The summed E-state index contributed by atoms with van der Waals surface area (Å²) in [6.45, 7) is 5.70. The van der Waals surface area contributed by atoms with E-state index in [-0.39, 0.29) is 0 Å². The molecule has 1 fully saturated rings. The number of hydrogen-bond acceptors (Lipinski definition) is 2. The summed E-state index contributed by atoms with van der Waals surface area (Å²) in [4.78, 5) is 0. The SMILES string of the molecule is CCN(c1ccccc1)N1CCCC1. The molecule has 0 saturated carbocycles. The molecule has 0 atom stereocenters. The Balaban J connectivity index is 2.12. The minimum Gasteiger partial charge on any atom is -0.306 e. The largest absolute Gasteiger partial charge is 0.306 e. The van der Waals surface area contributed by atoms with Gasteiger partial charge in [-0.2, -0.15) is 0 Å². The number of nitrogens with zero attached hydrogens (tertiary/aromatic N) is 2. The molecule has 0 N–H and O–H groups in total. The standard InChI is InChI=1S/C12H18N2/c1-2-14(13-10-6-7-11-13)12-8-4-3-5-9-12/h3-5,8-9H,2,6-7,10-11H2,1H3. The first-order valence-corrected chi connectivity index (χ1v) is 5.49. The van der Waals surface area contributed by atoms with Crippen LogP contribution in [0.25, 0.3) is 0 Å². The van der Waals surface area contributed by atoms with Gasteiger partial charge >= 0.3 is 0 Å². The molecule has 2 heteroatoms. The zero-order chi connectivity index (χ0) is 9.80. The Kier molecular flexibility index (Phi) is 3.04. The lowest BCUT2D eigenvalue weighted by Crippen LogP contribution is -2.40. The molecule has 1 aromatic carbocycles. The van der Waals surface area contributed by atoms with Gasteiger partial charge in [-0.3, -0.25) is 0 Å². The average Bonchev–Trinajstić information content (AvgIpc) is 2.74. The normalized spacial score (nSPS) is 17.2. The van der Waals surface area contributed by atoms with Crippen LogP contribution >= 0.6 is 0 Å². The van der Waals surface area contributed by atoms with Gasteiger partial charge < -0.3 is 5.01 Å². The van der Waals surface area contributed by atoms with Crippen molar-refractivity contribution >= 4 is 5.69 Å². The molecular weight excluding hydrogens is 172 g/mol. The Morgan fingerprint density at radius 3 is 2.36 bits per heavy atom. The summed E-state index contributed by atoms with van der Waals surface area (Å²) in [6, 6.07) is 10.6. The summed E-state index contributed by atoms with van der Waals surface area (Å²) in [5.41, 5.74) is 1.32. The molecule has 0 amide bonds. The van der Waals surface area contributed by atoms with E-state index >= 15 is 0 Å². The van der Waals surface area contributed by atoms with E-state index in [4.69, 9.17) is 0 Å². The molecule has 2 rings (SSSR count). The lowest BCUT2D eigenvalue weighted by Gasteiger charge is -2.32. The van der Waals surface area contributed by atoms with Crippen molar-refractivity contribution < 1.29 is 0 Å². The van der Waals surface area contributed by atoms with Crippen LogP contribution in [0, 0.1) is 0 Å². The fourth-order valence-corrected chi connectivity index (χ4v) is 2.09. The van der Waals surface area contributed by atoms with Crippen molar-refractivity contribution in [3.05, 3.63) is 30.3 Å². The quantitative estimate of drug-likeness (QED) is 0.722. The average molecular weight is 190 g/mol. The smallest absolute Gasteiger partial charge is 0.0522 e. The van der Waals surface area contributed by atoms with Gasteiger partial charge in [0.25, 0.3) is 0 Å². The maximum absolute atomic E-state index is 2.45. The second-order valence-electron chi connectivity index (χ2n) is 3.71. The lowest BCUT2D eigenvalue weighted by molar-refractivity contribution is 0.312. The lowest BCUT2D eigenvalue weighted by atomic mass is 10.3. The van der Waals surface area contributed by atoms with E-state index in [2.05, 4.69) is 47.3 Å². The van der Waals surface area contributed by atoms with Gasteiger partial charge in [0.2, 0.25) is 0 Å². The molecule has 1 saturated heterocycles. The second-order valence-corrected chi connectivity index (χ2v) is 3.71. The van der Waals surface area contributed by atoms with Gasteiger partial charge in [0, 0.05) is 19.6 Å². The number of hydrogen-bond donors (Lipinski definition) is 0. The first-order chi connectivity index (χ1) is 6.92. The van der Waals surface area contributed by atoms with Crippen molar-refractivity contribution in [2.45, 2.75) is 19.8 Å². The van der Waals surface area contributed by atoms with Gasteiger partial charge in [-0.25, -0.2) is 5.01 Å². The molecule has 1 aromatic rings. The van der Waals surface area contributed by atoms with Crippen LogP contribution < -0.4 is 5.01 Å². The number of anilines is 1. The van der Waals surface area contributed by atoms with Crippen molar-refractivity contribution in [2.24, 2.45) is 0 Å². The molecule has 14 heavy (non-hydrogen) atoms. The summed E-state index contributed by atoms with van der Waals surface area (Å²) in [6.07, 6.45) is 2.67. The fourth-order valence-electron chi connectivity index (χ4n) is 2.09. The van der Waals surface area contributed by atoms with Crippen LogP contribution in [0.5, 0.6) is 0 Å². The Hall–Kier alpha value is -1.02. The van der Waals surface area contributed by atoms with Crippen LogP contribution in [0.1, 0.15) is 19.8 Å². The zero-order valence-corrected chi connectivity index (χ0v) is 8.82. The van der Waals surface area contributed by atoms with Gasteiger partial charge in [-0.05, 0) is 31.9 Å². The van der Waals surface area contributed by atoms with E-state index in [1.54, 1.807) is 0 Å². The first kappa shape index (κ1) is 9.53. The van der Waals surface area contributed by atoms with Crippen LogP contribution in [0.4, 0.5) is 5.69 Å². The molecule has 0 aliphatic carbocycles. The molecular formula is C12H18N2. The maximum atomic E-state index is 2.45. The Morgan fingerprint density at radius 2 is 1.79 bits per heavy atom. The van der Waals surface area contributed by atoms with Crippen molar-refractivity contribution in [3.63, 3.8) is 0 Å². The highest BCUT2D eigenvalue weighted by molar-refractivity contribution is 5.44. The van der Waals surface area contributed by atoms with Gasteiger partial charge in [-0.15, -0.1) is 0 Å². The Bertz CT molecular complexity index is 265. The van der Waals surface area contributed by atoms with Crippen LogP contribution in [0.2, 0.25) is 0 Å².